The second kappa shape index (κ2) is 6.17. The van der Waals surface area contributed by atoms with Crippen LogP contribution in [0.3, 0.4) is 0 Å². The highest BCUT2D eigenvalue weighted by Gasteiger charge is 2.49. The quantitative estimate of drug-likeness (QED) is 0.559. The van der Waals surface area contributed by atoms with Crippen LogP contribution in [0.4, 0.5) is 0 Å². The summed E-state index contributed by atoms with van der Waals surface area (Å²) in [5.74, 6) is 0.459. The van der Waals surface area contributed by atoms with E-state index in [1.165, 1.54) is 19.6 Å². The molecule has 97 valence electrons. The van der Waals surface area contributed by atoms with E-state index >= 15 is 0 Å². The monoisotopic (exact) mass is 291 g/mol. The van der Waals surface area contributed by atoms with E-state index in [9.17, 15) is 14.0 Å². The van der Waals surface area contributed by atoms with Crippen molar-refractivity contribution in [2.45, 2.75) is 12.2 Å². The van der Waals surface area contributed by atoms with E-state index in [1.807, 2.05) is 0 Å². The summed E-state index contributed by atoms with van der Waals surface area (Å²) in [7, 11) is -2.02. The van der Waals surface area contributed by atoms with Crippen LogP contribution in [0.5, 0.6) is 0 Å². The molecule has 1 aliphatic rings. The molecule has 1 aliphatic heterocycles. The van der Waals surface area contributed by atoms with Crippen LogP contribution in [0.25, 0.3) is 0 Å². The van der Waals surface area contributed by atoms with Crippen LogP contribution in [0, 0.1) is 0 Å². The summed E-state index contributed by atoms with van der Waals surface area (Å²) in [5, 5.41) is 0. The second-order valence-corrected chi connectivity index (χ2v) is 8.10. The van der Waals surface area contributed by atoms with Crippen LogP contribution in [0.15, 0.2) is 0 Å². The third-order valence-corrected chi connectivity index (χ3v) is 5.11. The molecule has 0 spiro atoms. The Morgan fingerprint density at radius 3 is 1.81 bits per heavy atom. The number of hydrogen-bond acceptors (Lipinski definition) is 6. The van der Waals surface area contributed by atoms with Crippen molar-refractivity contribution in [1.82, 2.24) is 0 Å². The van der Waals surface area contributed by atoms with Crippen molar-refractivity contribution >= 4 is 30.5 Å². The summed E-state index contributed by atoms with van der Waals surface area (Å²) in [6, 6.07) is 0. The van der Waals surface area contributed by atoms with Gasteiger partial charge in [-0.25, -0.2) is 0 Å². The van der Waals surface area contributed by atoms with E-state index in [1.54, 1.807) is 0 Å². The lowest BCUT2D eigenvalue weighted by molar-refractivity contribution is 0.170. The summed E-state index contributed by atoms with van der Waals surface area (Å²) in [6.07, 6.45) is 2.00. The largest absolute Gasteiger partial charge is 0.616 e. The Bertz CT molecular complexity index is 211. The van der Waals surface area contributed by atoms with Gasteiger partial charge in [-0.15, -0.1) is 0 Å². The predicted molar refractivity (Wildman–Crippen MR) is 63.8 cm³/mol. The van der Waals surface area contributed by atoms with Gasteiger partial charge in [-0.2, -0.15) is 0 Å². The smallest absolute Gasteiger partial charge is 0.378 e. The second-order valence-electron chi connectivity index (χ2n) is 3.42. The van der Waals surface area contributed by atoms with E-state index in [4.69, 9.17) is 13.6 Å². The molecule has 0 aromatic heterocycles. The van der Waals surface area contributed by atoms with E-state index < -0.39 is 42.7 Å². The first-order valence-electron chi connectivity index (χ1n) is 4.50. The standard InChI is InChI=1S/C7H16O6PS2/c1-11-14(8)12-6(4-15(2)9)7(13-14)5-16(3)10/h6-8H,4-5H2,1-3H3. The van der Waals surface area contributed by atoms with Gasteiger partial charge in [0.05, 0.1) is 12.5 Å². The number of hydrogen-bond donors (Lipinski definition) is 1. The van der Waals surface area contributed by atoms with Crippen molar-refractivity contribution in [3.05, 3.63) is 0 Å². The van der Waals surface area contributed by atoms with Gasteiger partial charge >= 0.3 is 8.17 Å². The van der Waals surface area contributed by atoms with Crippen LogP contribution >= 0.6 is 8.17 Å². The highest BCUT2D eigenvalue weighted by molar-refractivity contribution is 7.91. The Morgan fingerprint density at radius 1 is 1.19 bits per heavy atom. The zero-order valence-electron chi connectivity index (χ0n) is 9.32. The Hall–Kier alpha value is 0.890. The highest BCUT2D eigenvalue weighted by Crippen LogP contribution is 2.64. The first-order valence-corrected chi connectivity index (χ1v) is 9.45. The maximum absolute atomic E-state index is 11.1. The topological polar surface area (TPSA) is 94.0 Å². The third-order valence-electron chi connectivity index (χ3n) is 1.98. The van der Waals surface area contributed by atoms with Crippen molar-refractivity contribution < 1.29 is 27.6 Å². The lowest BCUT2D eigenvalue weighted by atomic mass is 10.3. The molecule has 0 aromatic rings. The van der Waals surface area contributed by atoms with E-state index in [0.29, 0.717) is 0 Å². The summed E-state index contributed by atoms with van der Waals surface area (Å²) < 4.78 is 37.4. The fourth-order valence-corrected chi connectivity index (χ4v) is 4.35. The summed E-state index contributed by atoms with van der Waals surface area (Å²) >= 11 is -2.16. The Kier molecular flexibility index (Phi) is 5.77. The molecule has 1 rings (SSSR count). The van der Waals surface area contributed by atoms with Crippen molar-refractivity contribution in [1.29, 1.82) is 0 Å². The first-order chi connectivity index (χ1) is 7.36. The molecule has 4 unspecified atom stereocenters. The normalized spacial score (nSPS) is 38.6. The molecule has 1 saturated heterocycles. The Morgan fingerprint density at radius 2 is 1.56 bits per heavy atom. The molecule has 0 saturated carbocycles. The molecule has 0 bridgehead atoms. The average Bonchev–Trinajstić information content (AvgIpc) is 2.42. The summed E-state index contributed by atoms with van der Waals surface area (Å²) in [6.45, 7) is 0. The molecule has 9 heteroatoms. The number of rotatable bonds is 5. The maximum Gasteiger partial charge on any atom is 0.378 e. The van der Waals surface area contributed by atoms with Gasteiger partial charge in [0, 0.05) is 7.11 Å². The van der Waals surface area contributed by atoms with Crippen LogP contribution in [0.1, 0.15) is 0 Å². The molecule has 6 nitrogen and oxygen atoms in total. The average molecular weight is 291 g/mol. The summed E-state index contributed by atoms with van der Waals surface area (Å²) in [4.78, 5) is 9.71. The lowest BCUT2D eigenvalue weighted by Gasteiger charge is -2.18. The minimum absolute atomic E-state index is 0.230. The molecular formula is C7H16O6PS2. The molecule has 0 aliphatic carbocycles. The van der Waals surface area contributed by atoms with Gasteiger partial charge in [-0.1, -0.05) is 22.4 Å². The van der Waals surface area contributed by atoms with E-state index in [-0.39, 0.29) is 11.5 Å². The maximum atomic E-state index is 11.1. The van der Waals surface area contributed by atoms with Crippen LogP contribution in [0.2, 0.25) is 0 Å². The molecular weight excluding hydrogens is 275 g/mol. The van der Waals surface area contributed by atoms with E-state index in [0.717, 1.165) is 0 Å². The minimum Gasteiger partial charge on any atom is -0.616 e. The van der Waals surface area contributed by atoms with Gasteiger partial charge in [-0.05, 0) is 0 Å². The van der Waals surface area contributed by atoms with Crippen molar-refractivity contribution in [3.63, 3.8) is 0 Å². The Balaban J connectivity index is 2.63. The van der Waals surface area contributed by atoms with Crippen molar-refractivity contribution in [2.24, 2.45) is 0 Å². The van der Waals surface area contributed by atoms with Gasteiger partial charge in [0.2, 0.25) is 0 Å². The van der Waals surface area contributed by atoms with Crippen molar-refractivity contribution in [2.75, 3.05) is 31.1 Å². The first kappa shape index (κ1) is 14.9. The molecule has 4 atom stereocenters. The van der Waals surface area contributed by atoms with Gasteiger partial charge < -0.3 is 18.5 Å². The SMILES string of the molecule is CO[P]1(O)OC(C[S+](C)[O-])C(C[S+](C)[O-])O1. The molecule has 1 radical (unpaired) electrons. The van der Waals surface area contributed by atoms with Crippen molar-refractivity contribution in [3.8, 4) is 0 Å². The fourth-order valence-electron chi connectivity index (χ4n) is 1.33. The van der Waals surface area contributed by atoms with Crippen LogP contribution < -0.4 is 0 Å². The summed E-state index contributed by atoms with van der Waals surface area (Å²) in [5.41, 5.74) is 0. The van der Waals surface area contributed by atoms with Gasteiger partial charge in [-0.3, -0.25) is 9.05 Å². The van der Waals surface area contributed by atoms with Gasteiger partial charge in [0.25, 0.3) is 0 Å². The zero-order valence-corrected chi connectivity index (χ0v) is 11.8. The highest BCUT2D eigenvalue weighted by atomic mass is 32.2. The minimum atomic E-state index is -3.29. The zero-order chi connectivity index (χ0) is 12.3. The molecule has 16 heavy (non-hydrogen) atoms. The molecule has 0 amide bonds. The van der Waals surface area contributed by atoms with Gasteiger partial charge in [0.15, 0.2) is 0 Å². The molecule has 1 N–H and O–H groups in total. The molecule has 0 aromatic carbocycles. The molecule has 1 heterocycles. The fraction of sp³-hybridized carbons (Fsp3) is 1.00. The Labute approximate surface area is 102 Å². The third kappa shape index (κ3) is 4.29. The molecule has 1 fully saturated rings. The van der Waals surface area contributed by atoms with Gasteiger partial charge in [0.1, 0.15) is 23.7 Å². The predicted octanol–water partition coefficient (Wildman–Crippen LogP) is -0.156. The van der Waals surface area contributed by atoms with Crippen LogP contribution in [-0.4, -0.2) is 57.3 Å². The van der Waals surface area contributed by atoms with E-state index in [2.05, 4.69) is 0 Å². The van der Waals surface area contributed by atoms with Crippen LogP contribution in [-0.2, 0) is 35.9 Å². The lowest BCUT2D eigenvalue weighted by Crippen LogP contribution is -2.35.